The van der Waals surface area contributed by atoms with Crippen molar-refractivity contribution in [1.82, 2.24) is 9.80 Å². The third kappa shape index (κ3) is 7.54. The van der Waals surface area contributed by atoms with Crippen molar-refractivity contribution in [1.29, 1.82) is 0 Å². The molecule has 5 nitrogen and oxygen atoms in total. The van der Waals surface area contributed by atoms with Gasteiger partial charge in [0.15, 0.2) is 0 Å². The summed E-state index contributed by atoms with van der Waals surface area (Å²) in [4.78, 5) is 26.9. The van der Waals surface area contributed by atoms with Crippen LogP contribution in [-0.4, -0.2) is 48.0 Å². The molecule has 0 aromatic heterocycles. The van der Waals surface area contributed by atoms with Gasteiger partial charge in [-0.3, -0.25) is 4.79 Å². The molecule has 1 heterocycles. The van der Waals surface area contributed by atoms with Gasteiger partial charge in [0.05, 0.1) is 6.04 Å². The van der Waals surface area contributed by atoms with Gasteiger partial charge in [-0.1, -0.05) is 64.5 Å². The fourth-order valence-electron chi connectivity index (χ4n) is 3.00. The Hall–Kier alpha value is -2.34. The third-order valence-corrected chi connectivity index (χ3v) is 5.53. The smallest absolute Gasteiger partial charge is 0.410 e. The molecular weight excluding hydrogens is 432 g/mol. The number of halogens is 1. The van der Waals surface area contributed by atoms with E-state index < -0.39 is 0 Å². The molecular formula is C23H29BrN2O3. The van der Waals surface area contributed by atoms with E-state index in [1.165, 1.54) is 6.92 Å². The number of hydrogen-bond donors (Lipinski definition) is 0. The minimum Gasteiger partial charge on any atom is -0.446 e. The molecule has 0 radical (unpaired) electrons. The molecule has 6 heteroatoms. The Morgan fingerprint density at radius 2 is 1.72 bits per heavy atom. The molecule has 1 aliphatic heterocycles. The summed E-state index contributed by atoms with van der Waals surface area (Å²) in [5.41, 5.74) is 1.08. The molecule has 0 N–H and O–H groups in total. The largest absolute Gasteiger partial charge is 0.446 e. The summed E-state index contributed by atoms with van der Waals surface area (Å²) in [5.74, 6) is 0.0256. The van der Waals surface area contributed by atoms with Gasteiger partial charge in [0.25, 0.3) is 0 Å². The van der Waals surface area contributed by atoms with E-state index in [1.807, 2.05) is 67.6 Å². The number of carbonyl (C=O) groups excluding carboxylic acids is 2. The SMILES string of the molecule is CC(=O)N(C)CCC1CCN(C(C)c2ccc(Br)cc2)C(=O)O1.c1ccccc1. The van der Waals surface area contributed by atoms with Gasteiger partial charge in [-0.2, -0.15) is 0 Å². The highest BCUT2D eigenvalue weighted by atomic mass is 79.9. The second-order valence-corrected chi connectivity index (χ2v) is 8.01. The van der Waals surface area contributed by atoms with Gasteiger partial charge in [0.2, 0.25) is 5.91 Å². The van der Waals surface area contributed by atoms with Crippen molar-refractivity contribution in [2.45, 2.75) is 38.8 Å². The summed E-state index contributed by atoms with van der Waals surface area (Å²) < 4.78 is 6.55. The van der Waals surface area contributed by atoms with E-state index in [-0.39, 0.29) is 24.1 Å². The normalized spacial score (nSPS) is 16.9. The average Bonchev–Trinajstić information content (AvgIpc) is 2.74. The predicted molar refractivity (Wildman–Crippen MR) is 119 cm³/mol. The highest BCUT2D eigenvalue weighted by molar-refractivity contribution is 9.10. The number of carbonyl (C=O) groups is 2. The van der Waals surface area contributed by atoms with Crippen molar-refractivity contribution in [3.8, 4) is 0 Å². The molecule has 1 saturated heterocycles. The van der Waals surface area contributed by atoms with Gasteiger partial charge in [-0.15, -0.1) is 0 Å². The first-order valence-electron chi connectivity index (χ1n) is 9.83. The average molecular weight is 461 g/mol. The number of benzene rings is 2. The maximum Gasteiger partial charge on any atom is 0.410 e. The van der Waals surface area contributed by atoms with Crippen molar-refractivity contribution < 1.29 is 14.3 Å². The zero-order valence-electron chi connectivity index (χ0n) is 17.3. The molecule has 0 spiro atoms. The Morgan fingerprint density at radius 1 is 1.17 bits per heavy atom. The van der Waals surface area contributed by atoms with Gasteiger partial charge >= 0.3 is 6.09 Å². The molecule has 2 aromatic carbocycles. The van der Waals surface area contributed by atoms with Gasteiger partial charge in [-0.25, -0.2) is 4.79 Å². The highest BCUT2D eigenvalue weighted by Gasteiger charge is 2.31. The number of hydrogen-bond acceptors (Lipinski definition) is 3. The van der Waals surface area contributed by atoms with Gasteiger partial charge < -0.3 is 14.5 Å². The first-order valence-corrected chi connectivity index (χ1v) is 10.6. The molecule has 2 atom stereocenters. The van der Waals surface area contributed by atoms with E-state index in [9.17, 15) is 9.59 Å². The Balaban J connectivity index is 0.000000426. The lowest BCUT2D eigenvalue weighted by atomic mass is 10.1. The van der Waals surface area contributed by atoms with Crippen LogP contribution in [0.2, 0.25) is 0 Å². The van der Waals surface area contributed by atoms with Crippen molar-refractivity contribution in [3.05, 3.63) is 70.7 Å². The molecule has 2 aromatic rings. The maximum atomic E-state index is 12.3. The molecule has 2 amide bonds. The van der Waals surface area contributed by atoms with Crippen molar-refractivity contribution in [3.63, 3.8) is 0 Å². The van der Waals surface area contributed by atoms with Crippen LogP contribution in [0.25, 0.3) is 0 Å². The van der Waals surface area contributed by atoms with Crippen LogP contribution >= 0.6 is 15.9 Å². The lowest BCUT2D eigenvalue weighted by Gasteiger charge is -2.36. The van der Waals surface area contributed by atoms with Crippen LogP contribution in [0.3, 0.4) is 0 Å². The first kappa shape index (κ1) is 22.9. The number of ether oxygens (including phenoxy) is 1. The summed E-state index contributed by atoms with van der Waals surface area (Å²) in [7, 11) is 1.76. The van der Waals surface area contributed by atoms with E-state index in [2.05, 4.69) is 15.9 Å². The van der Waals surface area contributed by atoms with Gasteiger partial charge in [0.1, 0.15) is 6.10 Å². The van der Waals surface area contributed by atoms with Crippen molar-refractivity contribution >= 4 is 27.9 Å². The summed E-state index contributed by atoms with van der Waals surface area (Å²) in [6, 6.07) is 19.9. The van der Waals surface area contributed by atoms with E-state index in [0.29, 0.717) is 19.5 Å². The molecule has 1 fully saturated rings. The standard InChI is InChI=1S/C17H23BrN2O3.C6H6/c1-12(14-4-6-15(18)7-5-14)20-11-9-16(23-17(20)22)8-10-19(3)13(2)21;1-2-4-6-5-3-1/h4-7,12,16H,8-11H2,1-3H3;1-6H. The van der Waals surface area contributed by atoms with Crippen LogP contribution < -0.4 is 0 Å². The minimum atomic E-state index is -0.276. The zero-order chi connectivity index (χ0) is 21.2. The molecule has 1 aliphatic rings. The zero-order valence-corrected chi connectivity index (χ0v) is 18.8. The monoisotopic (exact) mass is 460 g/mol. The summed E-state index contributed by atoms with van der Waals surface area (Å²) in [6.07, 6.45) is 1.08. The molecule has 0 aliphatic carbocycles. The Morgan fingerprint density at radius 3 is 2.21 bits per heavy atom. The topological polar surface area (TPSA) is 49.9 Å². The second-order valence-electron chi connectivity index (χ2n) is 7.10. The van der Waals surface area contributed by atoms with E-state index in [1.54, 1.807) is 16.8 Å². The van der Waals surface area contributed by atoms with E-state index >= 15 is 0 Å². The minimum absolute atomic E-state index is 0.0172. The maximum absolute atomic E-state index is 12.3. The Labute approximate surface area is 181 Å². The molecule has 0 bridgehead atoms. The van der Waals surface area contributed by atoms with Crippen LogP contribution in [0, 0.1) is 0 Å². The van der Waals surface area contributed by atoms with E-state index in [4.69, 9.17) is 4.74 Å². The quantitative estimate of drug-likeness (QED) is 0.609. The third-order valence-electron chi connectivity index (χ3n) is 5.00. The Kier molecular flexibility index (Phi) is 9.19. The lowest BCUT2D eigenvalue weighted by molar-refractivity contribution is -0.127. The molecule has 29 heavy (non-hydrogen) atoms. The number of nitrogens with zero attached hydrogens (tertiary/aromatic N) is 2. The first-order chi connectivity index (χ1) is 13.9. The summed E-state index contributed by atoms with van der Waals surface area (Å²) >= 11 is 3.42. The predicted octanol–water partition coefficient (Wildman–Crippen LogP) is 5.28. The highest BCUT2D eigenvalue weighted by Crippen LogP contribution is 2.27. The van der Waals surface area contributed by atoms with E-state index in [0.717, 1.165) is 16.5 Å². The second kappa shape index (κ2) is 11.6. The van der Waals surface area contributed by atoms with Crippen molar-refractivity contribution in [2.75, 3.05) is 20.1 Å². The van der Waals surface area contributed by atoms with Crippen LogP contribution in [0.15, 0.2) is 65.1 Å². The summed E-state index contributed by atoms with van der Waals surface area (Å²) in [5, 5.41) is 0. The molecule has 0 saturated carbocycles. The number of amides is 2. The van der Waals surface area contributed by atoms with Crippen LogP contribution in [0.4, 0.5) is 4.79 Å². The van der Waals surface area contributed by atoms with Crippen LogP contribution in [0.1, 0.15) is 38.3 Å². The Bertz CT molecular complexity index is 741. The molecule has 2 unspecified atom stereocenters. The summed E-state index contributed by atoms with van der Waals surface area (Å²) in [6.45, 7) is 4.82. The van der Waals surface area contributed by atoms with Crippen molar-refractivity contribution in [2.24, 2.45) is 0 Å². The number of cyclic esters (lactones) is 1. The van der Waals surface area contributed by atoms with Crippen LogP contribution in [0.5, 0.6) is 0 Å². The van der Waals surface area contributed by atoms with Crippen LogP contribution in [-0.2, 0) is 9.53 Å². The molecule has 156 valence electrons. The van der Waals surface area contributed by atoms with Gasteiger partial charge in [-0.05, 0) is 24.6 Å². The number of rotatable bonds is 5. The van der Waals surface area contributed by atoms with Gasteiger partial charge in [0, 0.05) is 44.4 Å². The fourth-order valence-corrected chi connectivity index (χ4v) is 3.26. The lowest BCUT2D eigenvalue weighted by Crippen LogP contribution is -2.44. The fraction of sp³-hybridized carbons (Fsp3) is 0.391. The molecule has 3 rings (SSSR count).